The number of fused-ring (bicyclic) bond motifs is 5. The Hall–Kier alpha value is -9.46. The van der Waals surface area contributed by atoms with Crippen LogP contribution in [0, 0.1) is 0 Å². The number of allylic oxidation sites excluding steroid dienone is 2. The van der Waals surface area contributed by atoms with E-state index in [0.29, 0.717) is 22.3 Å². The molecule has 0 N–H and O–H groups in total. The second kappa shape index (κ2) is 16.8. The Morgan fingerprint density at radius 3 is 0.971 bits per heavy atom. The summed E-state index contributed by atoms with van der Waals surface area (Å²) < 4.78 is 2.32. The third-order valence-corrected chi connectivity index (χ3v) is 13.0. The highest BCUT2D eigenvalue weighted by molar-refractivity contribution is 6.42. The molecule has 0 aliphatic heterocycles. The molecule has 0 spiro atoms. The van der Waals surface area contributed by atoms with Gasteiger partial charge in [-0.1, -0.05) is 140 Å². The van der Waals surface area contributed by atoms with Crippen molar-refractivity contribution in [3.05, 3.63) is 269 Å². The summed E-state index contributed by atoms with van der Waals surface area (Å²) in [5, 5.41) is 2.18. The van der Waals surface area contributed by atoms with Crippen LogP contribution in [-0.2, 0) is 0 Å². The molecule has 7 heteroatoms. The largest absolute Gasteiger partial charge is 0.310 e. The average molecular weight is 890 g/mol. The summed E-state index contributed by atoms with van der Waals surface area (Å²) in [6.45, 7) is 0. The first-order valence-electron chi connectivity index (χ1n) is 22.7. The predicted molar refractivity (Wildman–Crippen MR) is 276 cm³/mol. The molecule has 0 fully saturated rings. The van der Waals surface area contributed by atoms with E-state index in [9.17, 15) is 19.2 Å². The summed E-state index contributed by atoms with van der Waals surface area (Å²) in [6, 6.07) is 73.8. The highest BCUT2D eigenvalue weighted by Gasteiger charge is 2.33. The van der Waals surface area contributed by atoms with E-state index in [1.54, 1.807) is 60.7 Å². The van der Waals surface area contributed by atoms with Gasteiger partial charge in [0.25, 0.3) is 0 Å². The van der Waals surface area contributed by atoms with Gasteiger partial charge in [0.15, 0.2) is 23.1 Å². The maximum Gasteiger partial charge on any atom is 0.197 e. The van der Waals surface area contributed by atoms with Crippen LogP contribution in [0.3, 0.4) is 0 Å². The number of rotatable bonds is 9. The van der Waals surface area contributed by atoms with Crippen molar-refractivity contribution in [3.8, 4) is 5.69 Å². The van der Waals surface area contributed by atoms with Crippen LogP contribution < -0.4 is 9.80 Å². The predicted octanol–water partition coefficient (Wildman–Crippen LogP) is 14.6. The first kappa shape index (κ1) is 41.0. The highest BCUT2D eigenvalue weighted by atomic mass is 16.2. The van der Waals surface area contributed by atoms with Crippen molar-refractivity contribution < 1.29 is 19.2 Å². The average Bonchev–Trinajstić information content (AvgIpc) is 3.95. The zero-order valence-corrected chi connectivity index (χ0v) is 37.0. The summed E-state index contributed by atoms with van der Waals surface area (Å²) >= 11 is 0. The molecule has 0 saturated heterocycles. The molecule has 7 nitrogen and oxygen atoms in total. The number of carbonyl (C=O) groups is 4. The Morgan fingerprint density at radius 1 is 0.304 bits per heavy atom. The molecule has 1 heterocycles. The number of ketones is 4. The van der Waals surface area contributed by atoms with E-state index in [2.05, 4.69) is 99.3 Å². The van der Waals surface area contributed by atoms with Crippen LogP contribution in [0.4, 0.5) is 34.1 Å². The summed E-state index contributed by atoms with van der Waals surface area (Å²) in [5.74, 6) is -0.998. The van der Waals surface area contributed by atoms with E-state index in [1.807, 2.05) is 91.0 Å². The summed E-state index contributed by atoms with van der Waals surface area (Å²) in [5.41, 5.74) is 12.3. The Morgan fingerprint density at radius 2 is 0.609 bits per heavy atom. The second-order valence-electron chi connectivity index (χ2n) is 17.1. The lowest BCUT2D eigenvalue weighted by molar-refractivity contribution is 0.0975. The number of hydrogen-bond donors (Lipinski definition) is 0. The topological polar surface area (TPSA) is 79.7 Å². The van der Waals surface area contributed by atoms with Gasteiger partial charge in [-0.15, -0.1) is 0 Å². The first-order chi connectivity index (χ1) is 33.9. The van der Waals surface area contributed by atoms with Crippen molar-refractivity contribution in [2.24, 2.45) is 0 Å². The molecule has 1 aromatic heterocycles. The van der Waals surface area contributed by atoms with Crippen LogP contribution in [0.25, 0.3) is 39.6 Å². The molecule has 2 aliphatic rings. The van der Waals surface area contributed by atoms with E-state index < -0.39 is 0 Å². The SMILES string of the molecule is O=C1C(=Cc2ccc(N(c3ccccc3)c3ccc4c5ccc(N(c6ccccc6)c6ccc(C=C7C(=O)c8ccccc8C7=O)cc6)cc5n(-c5ccccc5)c4c3)cc2)C(=O)c2ccccc21. The van der Waals surface area contributed by atoms with Crippen molar-refractivity contribution in [3.63, 3.8) is 0 Å². The third kappa shape index (κ3) is 7.08. The first-order valence-corrected chi connectivity index (χ1v) is 22.7. The molecule has 10 aromatic rings. The minimum atomic E-state index is -0.250. The van der Waals surface area contributed by atoms with E-state index in [4.69, 9.17) is 0 Å². The second-order valence-corrected chi connectivity index (χ2v) is 17.1. The molecule has 12 rings (SSSR count). The number of carbonyl (C=O) groups excluding carboxylic acids is 4. The molecule has 0 bridgehead atoms. The normalized spacial score (nSPS) is 13.0. The van der Waals surface area contributed by atoms with Crippen LogP contribution in [0.5, 0.6) is 0 Å². The van der Waals surface area contributed by atoms with Gasteiger partial charge in [-0.25, -0.2) is 0 Å². The summed E-state index contributed by atoms with van der Waals surface area (Å²) in [4.78, 5) is 57.3. The molecular formula is C62H39N3O4. The fraction of sp³-hybridized carbons (Fsp3) is 0. The van der Waals surface area contributed by atoms with Crippen molar-refractivity contribution in [2.75, 3.05) is 9.80 Å². The lowest BCUT2D eigenvalue weighted by atomic mass is 10.1. The van der Waals surface area contributed by atoms with Gasteiger partial charge in [-0.3, -0.25) is 19.2 Å². The minimum Gasteiger partial charge on any atom is -0.310 e. The number of aromatic nitrogens is 1. The number of para-hydroxylation sites is 3. The standard InChI is InChI=1S/C62H39N3O4/c66-59-51-20-10-11-21-52(51)60(67)55(59)36-40-24-28-45(29-25-40)63(42-14-4-1-5-15-42)47-32-34-49-50-35-33-48(39-58(50)65(57(49)38-47)44-18-8-3-9-19-44)64(43-16-6-2-7-17-43)46-30-26-41(27-31-46)37-56-61(68)53-22-12-13-23-54(53)62(56)69/h1-39H. The third-order valence-electron chi connectivity index (χ3n) is 13.0. The Balaban J connectivity index is 0.952. The maximum atomic E-state index is 13.2. The van der Waals surface area contributed by atoms with Crippen LogP contribution >= 0.6 is 0 Å². The van der Waals surface area contributed by atoms with Gasteiger partial charge >= 0.3 is 0 Å². The molecule has 0 radical (unpaired) electrons. The van der Waals surface area contributed by atoms with Gasteiger partial charge in [0.1, 0.15) is 0 Å². The van der Waals surface area contributed by atoms with Gasteiger partial charge in [-0.2, -0.15) is 0 Å². The number of anilines is 6. The fourth-order valence-electron chi connectivity index (χ4n) is 9.76. The van der Waals surface area contributed by atoms with Crippen molar-refractivity contribution in [1.29, 1.82) is 0 Å². The highest BCUT2D eigenvalue weighted by Crippen LogP contribution is 2.43. The van der Waals surface area contributed by atoms with Gasteiger partial charge in [0.05, 0.1) is 22.2 Å². The molecule has 9 aromatic carbocycles. The van der Waals surface area contributed by atoms with Crippen molar-refractivity contribution in [1.82, 2.24) is 4.57 Å². The number of benzene rings is 9. The summed E-state index contributed by atoms with van der Waals surface area (Å²) in [6.07, 6.45) is 3.38. The van der Waals surface area contributed by atoms with Crippen LogP contribution in [0.15, 0.2) is 236 Å². The monoisotopic (exact) mass is 889 g/mol. The Labute approximate surface area is 397 Å². The van der Waals surface area contributed by atoms with Crippen molar-refractivity contribution >= 4 is 91.2 Å². The number of Topliss-reactive ketones (excluding diaryl/α,β-unsaturated/α-hetero) is 4. The van der Waals surface area contributed by atoms with Crippen LogP contribution in [-0.4, -0.2) is 27.7 Å². The van der Waals surface area contributed by atoms with E-state index >= 15 is 0 Å². The van der Waals surface area contributed by atoms with Crippen molar-refractivity contribution in [2.45, 2.75) is 0 Å². The van der Waals surface area contributed by atoms with E-state index in [1.165, 1.54) is 0 Å². The molecule has 69 heavy (non-hydrogen) atoms. The zero-order valence-electron chi connectivity index (χ0n) is 37.0. The molecule has 0 saturated carbocycles. The molecule has 0 unspecified atom stereocenters. The van der Waals surface area contributed by atoms with Gasteiger partial charge in [-0.05, 0) is 108 Å². The smallest absolute Gasteiger partial charge is 0.197 e. The molecule has 326 valence electrons. The quantitative estimate of drug-likeness (QED) is 0.106. The zero-order chi connectivity index (χ0) is 46.6. The lowest BCUT2D eigenvalue weighted by Crippen LogP contribution is -2.10. The van der Waals surface area contributed by atoms with Gasteiger partial charge in [0, 0.05) is 72.8 Å². The van der Waals surface area contributed by atoms with Crippen LogP contribution in [0.1, 0.15) is 52.6 Å². The molecule has 0 amide bonds. The summed E-state index contributed by atoms with van der Waals surface area (Å²) in [7, 11) is 0. The van der Waals surface area contributed by atoms with Gasteiger partial charge in [0.2, 0.25) is 0 Å². The fourth-order valence-corrected chi connectivity index (χ4v) is 9.76. The number of nitrogens with zero attached hydrogens (tertiary/aromatic N) is 3. The minimum absolute atomic E-state index is 0.174. The Kier molecular flexibility index (Phi) is 9.96. The molecule has 2 aliphatic carbocycles. The number of hydrogen-bond acceptors (Lipinski definition) is 6. The van der Waals surface area contributed by atoms with E-state index in [0.717, 1.165) is 72.7 Å². The maximum absolute atomic E-state index is 13.2. The van der Waals surface area contributed by atoms with Crippen LogP contribution in [0.2, 0.25) is 0 Å². The van der Waals surface area contributed by atoms with Gasteiger partial charge < -0.3 is 14.4 Å². The molecular weight excluding hydrogens is 851 g/mol. The Bertz CT molecular complexity index is 3470. The lowest BCUT2D eigenvalue weighted by Gasteiger charge is -2.26. The van der Waals surface area contributed by atoms with E-state index in [-0.39, 0.29) is 34.3 Å². The molecule has 0 atom stereocenters.